The maximum atomic E-state index is 13.8. The molecule has 0 aliphatic rings. The van der Waals surface area contributed by atoms with E-state index >= 15 is 0 Å². The standard InChI is InChI=1S/C12H6Cl2FN3O/c1-5-9-10(14)16-11(17-12(9)19-18-5)7-4-6(13)2-3-8(7)15/h2-4H,1H3. The van der Waals surface area contributed by atoms with Crippen LogP contribution < -0.4 is 0 Å². The zero-order valence-electron chi connectivity index (χ0n) is 9.62. The normalized spacial score (nSPS) is 11.2. The maximum absolute atomic E-state index is 13.8. The van der Waals surface area contributed by atoms with Crippen molar-refractivity contribution in [2.24, 2.45) is 0 Å². The zero-order chi connectivity index (χ0) is 13.6. The summed E-state index contributed by atoms with van der Waals surface area (Å²) in [6.45, 7) is 1.72. The SMILES string of the molecule is Cc1noc2nc(-c3cc(Cl)ccc3F)nc(Cl)c12. The molecule has 0 saturated heterocycles. The van der Waals surface area contributed by atoms with Crippen molar-refractivity contribution < 1.29 is 8.91 Å². The van der Waals surface area contributed by atoms with Gasteiger partial charge >= 0.3 is 0 Å². The minimum Gasteiger partial charge on any atom is -0.335 e. The second-order valence-corrected chi connectivity index (χ2v) is 4.70. The van der Waals surface area contributed by atoms with E-state index in [1.54, 1.807) is 6.92 Å². The molecule has 2 aromatic heterocycles. The van der Waals surface area contributed by atoms with Crippen LogP contribution in [-0.4, -0.2) is 15.1 Å². The van der Waals surface area contributed by atoms with Gasteiger partial charge in [0.1, 0.15) is 16.4 Å². The van der Waals surface area contributed by atoms with Gasteiger partial charge in [0, 0.05) is 5.02 Å². The Morgan fingerprint density at radius 2 is 2.00 bits per heavy atom. The van der Waals surface area contributed by atoms with Crippen LogP contribution in [0.5, 0.6) is 0 Å². The molecule has 0 unspecified atom stereocenters. The molecule has 3 rings (SSSR count). The highest BCUT2D eigenvalue weighted by molar-refractivity contribution is 6.34. The third kappa shape index (κ3) is 2.05. The van der Waals surface area contributed by atoms with Crippen molar-refractivity contribution in [2.75, 3.05) is 0 Å². The van der Waals surface area contributed by atoms with Gasteiger partial charge in [-0.15, -0.1) is 0 Å². The van der Waals surface area contributed by atoms with Crippen molar-refractivity contribution >= 4 is 34.3 Å². The van der Waals surface area contributed by atoms with Crippen LogP contribution in [0.15, 0.2) is 22.7 Å². The molecule has 0 fully saturated rings. The molecule has 0 spiro atoms. The summed E-state index contributed by atoms with van der Waals surface area (Å²) in [4.78, 5) is 8.17. The van der Waals surface area contributed by atoms with Gasteiger partial charge in [0.05, 0.1) is 11.3 Å². The van der Waals surface area contributed by atoms with Crippen molar-refractivity contribution in [3.63, 3.8) is 0 Å². The Hall–Kier alpha value is -1.72. The van der Waals surface area contributed by atoms with Crippen molar-refractivity contribution in [1.82, 2.24) is 15.1 Å². The Kier molecular flexibility index (Phi) is 2.88. The van der Waals surface area contributed by atoms with Crippen molar-refractivity contribution in [2.45, 2.75) is 6.92 Å². The van der Waals surface area contributed by atoms with Crippen LogP contribution in [0.25, 0.3) is 22.5 Å². The molecule has 0 N–H and O–H groups in total. The lowest BCUT2D eigenvalue weighted by molar-refractivity contribution is 0.443. The Labute approximate surface area is 117 Å². The Morgan fingerprint density at radius 1 is 1.21 bits per heavy atom. The number of aromatic nitrogens is 3. The van der Waals surface area contributed by atoms with E-state index in [1.807, 2.05) is 0 Å². The van der Waals surface area contributed by atoms with Crippen molar-refractivity contribution in [3.05, 3.63) is 39.9 Å². The third-order valence-electron chi connectivity index (χ3n) is 2.63. The molecule has 0 amide bonds. The lowest BCUT2D eigenvalue weighted by atomic mass is 10.2. The molecule has 3 aromatic rings. The summed E-state index contributed by atoms with van der Waals surface area (Å²) in [5, 5.41) is 4.82. The highest BCUT2D eigenvalue weighted by Gasteiger charge is 2.16. The van der Waals surface area contributed by atoms with Crippen LogP contribution in [-0.2, 0) is 0 Å². The first-order valence-electron chi connectivity index (χ1n) is 5.31. The number of aryl methyl sites for hydroxylation is 1. The molecule has 0 bridgehead atoms. The third-order valence-corrected chi connectivity index (χ3v) is 3.14. The highest BCUT2D eigenvalue weighted by Crippen LogP contribution is 2.29. The molecule has 2 heterocycles. The predicted molar refractivity (Wildman–Crippen MR) is 69.8 cm³/mol. The molecule has 0 atom stereocenters. The number of fused-ring (bicyclic) bond motifs is 1. The van der Waals surface area contributed by atoms with Gasteiger partial charge in [-0.25, -0.2) is 9.37 Å². The van der Waals surface area contributed by atoms with Crippen LogP contribution in [0.1, 0.15) is 5.69 Å². The van der Waals surface area contributed by atoms with Gasteiger partial charge < -0.3 is 4.52 Å². The molecule has 96 valence electrons. The first kappa shape index (κ1) is 12.3. The maximum Gasteiger partial charge on any atom is 0.263 e. The van der Waals surface area contributed by atoms with Gasteiger partial charge in [-0.05, 0) is 25.1 Å². The van der Waals surface area contributed by atoms with Gasteiger partial charge in [0.2, 0.25) is 0 Å². The van der Waals surface area contributed by atoms with Crippen molar-refractivity contribution in [3.8, 4) is 11.4 Å². The van der Waals surface area contributed by atoms with E-state index in [9.17, 15) is 4.39 Å². The molecule has 4 nitrogen and oxygen atoms in total. The summed E-state index contributed by atoms with van der Waals surface area (Å²) >= 11 is 11.9. The zero-order valence-corrected chi connectivity index (χ0v) is 11.1. The average Bonchev–Trinajstić information content (AvgIpc) is 2.74. The quantitative estimate of drug-likeness (QED) is 0.636. The van der Waals surface area contributed by atoms with Gasteiger partial charge in [-0.3, -0.25) is 0 Å². The fraction of sp³-hybridized carbons (Fsp3) is 0.0833. The smallest absolute Gasteiger partial charge is 0.263 e. The van der Waals surface area contributed by atoms with Gasteiger partial charge in [-0.2, -0.15) is 4.98 Å². The number of hydrogen-bond acceptors (Lipinski definition) is 4. The highest BCUT2D eigenvalue weighted by atomic mass is 35.5. The topological polar surface area (TPSA) is 51.8 Å². The van der Waals surface area contributed by atoms with Gasteiger partial charge in [0.15, 0.2) is 5.82 Å². The Balaban J connectivity index is 2.28. The summed E-state index contributed by atoms with van der Waals surface area (Å²) in [6.07, 6.45) is 0. The van der Waals surface area contributed by atoms with Crippen LogP contribution in [0, 0.1) is 12.7 Å². The van der Waals surface area contributed by atoms with Crippen LogP contribution in [0.4, 0.5) is 4.39 Å². The first-order chi connectivity index (χ1) is 9.06. The molecule has 0 aliphatic heterocycles. The van der Waals surface area contributed by atoms with E-state index in [1.165, 1.54) is 18.2 Å². The minimum absolute atomic E-state index is 0.105. The van der Waals surface area contributed by atoms with E-state index in [4.69, 9.17) is 27.7 Å². The molecule has 0 aliphatic carbocycles. The lowest BCUT2D eigenvalue weighted by Gasteiger charge is -2.03. The fourth-order valence-corrected chi connectivity index (χ4v) is 2.20. The van der Waals surface area contributed by atoms with Crippen LogP contribution in [0.3, 0.4) is 0 Å². The summed E-state index contributed by atoms with van der Waals surface area (Å²) in [5.74, 6) is -0.385. The van der Waals surface area contributed by atoms with E-state index < -0.39 is 5.82 Å². The molecule has 7 heteroatoms. The monoisotopic (exact) mass is 297 g/mol. The number of hydrogen-bond donors (Lipinski definition) is 0. The molecule has 1 aromatic carbocycles. The van der Waals surface area contributed by atoms with E-state index in [-0.39, 0.29) is 22.3 Å². The van der Waals surface area contributed by atoms with Crippen LogP contribution in [0.2, 0.25) is 10.2 Å². The molecule has 0 radical (unpaired) electrons. The molecular weight excluding hydrogens is 292 g/mol. The number of halogens is 3. The number of benzene rings is 1. The van der Waals surface area contributed by atoms with Crippen LogP contribution >= 0.6 is 23.2 Å². The number of nitrogens with zero attached hydrogens (tertiary/aromatic N) is 3. The van der Waals surface area contributed by atoms with E-state index in [0.717, 1.165) is 0 Å². The van der Waals surface area contributed by atoms with E-state index in [0.29, 0.717) is 16.1 Å². The number of rotatable bonds is 1. The first-order valence-corrected chi connectivity index (χ1v) is 6.07. The minimum atomic E-state index is -0.490. The summed E-state index contributed by atoms with van der Waals surface area (Å²) in [6, 6.07) is 4.11. The Morgan fingerprint density at radius 3 is 2.79 bits per heavy atom. The Bertz CT molecular complexity index is 788. The molecule has 0 saturated carbocycles. The predicted octanol–water partition coefficient (Wildman–Crippen LogP) is 4.04. The second-order valence-electron chi connectivity index (χ2n) is 3.91. The summed E-state index contributed by atoms with van der Waals surface area (Å²) < 4.78 is 18.8. The summed E-state index contributed by atoms with van der Waals surface area (Å²) in [7, 11) is 0. The summed E-state index contributed by atoms with van der Waals surface area (Å²) in [5.41, 5.74) is 0.954. The van der Waals surface area contributed by atoms with E-state index in [2.05, 4.69) is 15.1 Å². The van der Waals surface area contributed by atoms with Gasteiger partial charge in [-0.1, -0.05) is 28.4 Å². The average molecular weight is 298 g/mol. The van der Waals surface area contributed by atoms with Crippen molar-refractivity contribution in [1.29, 1.82) is 0 Å². The molecular formula is C12H6Cl2FN3O. The molecule has 19 heavy (non-hydrogen) atoms. The largest absolute Gasteiger partial charge is 0.335 e. The van der Waals surface area contributed by atoms with Gasteiger partial charge in [0.25, 0.3) is 5.71 Å². The second kappa shape index (κ2) is 4.43. The fourth-order valence-electron chi connectivity index (χ4n) is 1.73. The lowest BCUT2D eigenvalue weighted by Crippen LogP contribution is -1.93.